The van der Waals surface area contributed by atoms with E-state index >= 15 is 0 Å². The van der Waals surface area contributed by atoms with Gasteiger partial charge in [0.1, 0.15) is 43.0 Å². The molecule has 12 unspecified atom stereocenters. The van der Waals surface area contributed by atoms with Gasteiger partial charge in [0.2, 0.25) is 28.1 Å². The second-order valence-electron chi connectivity index (χ2n) is 15.5. The highest BCUT2D eigenvalue weighted by molar-refractivity contribution is 7.80. The lowest BCUT2D eigenvalue weighted by atomic mass is 9.82. The Kier molecular flexibility index (Phi) is 15.3. The molecule has 20 heteroatoms. The fraction of sp³-hybridized carbons (Fsp3) is 0.694. The minimum atomic E-state index is -5.20. The zero-order valence-electron chi connectivity index (χ0n) is 31.4. The molecular formula is C36H55ClN6O12S. The number of likely N-dealkylation sites (tertiary alicyclic amines) is 1. The van der Waals surface area contributed by atoms with Crippen molar-refractivity contribution in [1.29, 1.82) is 0 Å². The van der Waals surface area contributed by atoms with Gasteiger partial charge in [0.25, 0.3) is 0 Å². The number of fused-ring (bicyclic) bond motifs is 1. The predicted octanol–water partition coefficient (Wildman–Crippen LogP) is -3.05. The normalized spacial score (nSPS) is 31.1. The van der Waals surface area contributed by atoms with Crippen molar-refractivity contribution in [3.63, 3.8) is 0 Å². The zero-order chi connectivity index (χ0) is 40.9. The number of carbonyl (C=O) groups excluding carboxylic acids is 3. The molecule has 3 aliphatic heterocycles. The minimum absolute atomic E-state index is 0.00303. The molecule has 0 aromatic heterocycles. The van der Waals surface area contributed by atoms with Crippen LogP contribution in [0.2, 0.25) is 0 Å². The van der Waals surface area contributed by atoms with Crippen molar-refractivity contribution >= 4 is 39.7 Å². The third kappa shape index (κ3) is 11.2. The van der Waals surface area contributed by atoms with Gasteiger partial charge in [-0.05, 0) is 61.2 Å². The first-order valence-corrected chi connectivity index (χ1v) is 20.8. The summed E-state index contributed by atoms with van der Waals surface area (Å²) in [6, 6.07) is 6.05. The molecule has 12 atom stereocenters. The molecule has 1 aromatic carbocycles. The first kappa shape index (κ1) is 44.3. The fourth-order valence-corrected chi connectivity index (χ4v) is 8.67. The van der Waals surface area contributed by atoms with Crippen molar-refractivity contribution in [2.24, 2.45) is 23.3 Å². The van der Waals surface area contributed by atoms with Crippen molar-refractivity contribution in [1.82, 2.24) is 15.5 Å². The van der Waals surface area contributed by atoms with Crippen molar-refractivity contribution in [2.45, 2.75) is 119 Å². The van der Waals surface area contributed by atoms with Crippen molar-refractivity contribution in [3.8, 4) is 0 Å². The molecule has 4 aliphatic rings. The number of nitrogens with one attached hydrogen (secondary N) is 3. The van der Waals surface area contributed by atoms with E-state index in [-0.39, 0.29) is 30.6 Å². The lowest BCUT2D eigenvalue weighted by Gasteiger charge is -2.42. The maximum Gasteiger partial charge on any atom is 0.249 e. The van der Waals surface area contributed by atoms with Crippen LogP contribution in [0.1, 0.15) is 51.5 Å². The van der Waals surface area contributed by atoms with E-state index in [1.165, 1.54) is 4.90 Å². The number of aliphatic hydroxyl groups excluding tert-OH is 3. The summed E-state index contributed by atoms with van der Waals surface area (Å²) in [5.74, 6) is -2.26. The number of amides is 3. The number of rotatable bonds is 16. The van der Waals surface area contributed by atoms with Gasteiger partial charge in [0.15, 0.2) is 12.6 Å². The summed E-state index contributed by atoms with van der Waals surface area (Å²) >= 11 is 6.87. The van der Waals surface area contributed by atoms with Crippen LogP contribution in [0.15, 0.2) is 42.0 Å². The Balaban J connectivity index is 1.34. The molecule has 3 fully saturated rings. The molecule has 3 amide bonds. The van der Waals surface area contributed by atoms with E-state index in [0.29, 0.717) is 50.9 Å². The lowest BCUT2D eigenvalue weighted by molar-refractivity contribution is -0.909. The van der Waals surface area contributed by atoms with Gasteiger partial charge < -0.3 is 49.8 Å². The maximum atomic E-state index is 14.8. The van der Waals surface area contributed by atoms with Gasteiger partial charge in [-0.1, -0.05) is 44.2 Å². The number of nitrogens with two attached hydrogens (primary N) is 2. The lowest BCUT2D eigenvalue weighted by Crippen LogP contribution is -3.18. The molecule has 314 valence electrons. The molecular weight excluding hydrogens is 776 g/mol. The Morgan fingerprint density at radius 2 is 1.84 bits per heavy atom. The third-order valence-corrected chi connectivity index (χ3v) is 12.3. The highest BCUT2D eigenvalue weighted by atomic mass is 35.5. The van der Waals surface area contributed by atoms with E-state index in [4.69, 9.17) is 32.5 Å². The van der Waals surface area contributed by atoms with Crippen LogP contribution in [0.4, 0.5) is 0 Å². The average molecular weight is 831 g/mol. The summed E-state index contributed by atoms with van der Waals surface area (Å²) in [7, 11) is -5.20. The first-order chi connectivity index (χ1) is 26.4. The van der Waals surface area contributed by atoms with Gasteiger partial charge in [-0.15, -0.1) is 11.6 Å². The molecule has 1 aliphatic carbocycles. The Morgan fingerprint density at radius 1 is 1.12 bits per heavy atom. The molecule has 1 saturated carbocycles. The molecule has 0 radical (unpaired) electrons. The van der Waals surface area contributed by atoms with Gasteiger partial charge >= 0.3 is 0 Å². The molecule has 2 saturated heterocycles. The van der Waals surface area contributed by atoms with E-state index in [1.807, 2.05) is 12.1 Å². The van der Waals surface area contributed by atoms with Gasteiger partial charge in [-0.2, -0.15) is 0 Å². The standard InChI is InChI=1S/C36H55ClN6O12S/c1-19(2)28(37)29(41-33(48)26(44)14-20-6-4-3-5-7-20)34(49)43-24-16-23(54-35-31(46)30(45)27(18-53-35)55-56(50,51)52)9-8-22(24)15-25(43)32(47)40-12-10-21-11-13-42(17-21)36(38)39/h3-7,11,19,22-31,35-36,44-46H,8-10,12-18,38-39H2,1-2H3,(H,40,47)(H,41,48)(H,50,51,52). The number of nitrogens with zero attached hydrogens (tertiary/aromatic N) is 1. The number of hydrogen-bond acceptors (Lipinski definition) is 14. The van der Waals surface area contributed by atoms with Crippen LogP contribution >= 0.6 is 11.6 Å². The second kappa shape index (κ2) is 19.3. The predicted molar refractivity (Wildman–Crippen MR) is 199 cm³/mol. The van der Waals surface area contributed by atoms with E-state index < -0.39 is 95.4 Å². The van der Waals surface area contributed by atoms with Crippen LogP contribution < -0.4 is 27.0 Å². The first-order valence-electron chi connectivity index (χ1n) is 19.0. The molecule has 0 spiro atoms. The zero-order valence-corrected chi connectivity index (χ0v) is 33.0. The Labute approximate surface area is 331 Å². The quantitative estimate of drug-likeness (QED) is 0.0270. The van der Waals surface area contributed by atoms with Crippen molar-refractivity contribution in [2.75, 3.05) is 26.2 Å². The summed E-state index contributed by atoms with van der Waals surface area (Å²) in [5.41, 5.74) is 13.5. The molecule has 18 nitrogen and oxygen atoms in total. The summed E-state index contributed by atoms with van der Waals surface area (Å²) in [4.78, 5) is 44.7. The molecule has 1 aromatic rings. The van der Waals surface area contributed by atoms with Crippen LogP contribution in [0.5, 0.6) is 0 Å². The molecule has 10 N–H and O–H groups in total. The fourth-order valence-electron chi connectivity index (χ4n) is 8.03. The molecule has 0 bridgehead atoms. The summed E-state index contributed by atoms with van der Waals surface area (Å²) in [5, 5.41) is 36.8. The largest absolute Gasteiger partial charge is 0.726 e. The Hall–Kier alpha value is -2.79. The summed E-state index contributed by atoms with van der Waals surface area (Å²) < 4.78 is 49.1. The van der Waals surface area contributed by atoms with Crippen LogP contribution in [-0.2, 0) is 44.9 Å². The summed E-state index contributed by atoms with van der Waals surface area (Å²) in [6.45, 7) is 4.64. The Morgan fingerprint density at radius 3 is 2.48 bits per heavy atom. The SMILES string of the molecule is CC(C)C(Cl)C(NC(=O)C(O)Cc1ccccc1)C(=O)N1C(C(=O)NCCC2=CC[NH+](C(N)N)C2)CC2CCC(OC3OCC(OS(=O)(=O)[O-])C(O)C3O)CC21. The van der Waals surface area contributed by atoms with Gasteiger partial charge in [-0.25, -0.2) is 8.42 Å². The summed E-state index contributed by atoms with van der Waals surface area (Å²) in [6.07, 6.45) is -5.31. The Bertz CT molecular complexity index is 1660. The van der Waals surface area contributed by atoms with Gasteiger partial charge in [0.05, 0.1) is 24.6 Å². The van der Waals surface area contributed by atoms with Crippen LogP contribution in [-0.4, -0.2) is 144 Å². The maximum absolute atomic E-state index is 14.8. The highest BCUT2D eigenvalue weighted by Crippen LogP contribution is 2.42. The molecule has 56 heavy (non-hydrogen) atoms. The molecule has 3 heterocycles. The number of alkyl halides is 1. The second-order valence-corrected chi connectivity index (χ2v) is 17.0. The number of aliphatic hydroxyl groups is 3. The van der Waals surface area contributed by atoms with Crippen LogP contribution in [0.3, 0.4) is 0 Å². The number of halogens is 1. The third-order valence-electron chi connectivity index (χ3n) is 11.1. The van der Waals surface area contributed by atoms with E-state index in [1.54, 1.807) is 38.1 Å². The van der Waals surface area contributed by atoms with E-state index in [2.05, 4.69) is 14.8 Å². The number of benzene rings is 1. The number of hydrogen-bond donors (Lipinski definition) is 8. The van der Waals surface area contributed by atoms with E-state index in [9.17, 15) is 42.7 Å². The van der Waals surface area contributed by atoms with Crippen molar-refractivity contribution < 1.29 is 61.2 Å². The van der Waals surface area contributed by atoms with Crippen LogP contribution in [0.25, 0.3) is 0 Å². The average Bonchev–Trinajstić information content (AvgIpc) is 3.78. The monoisotopic (exact) mass is 830 g/mol. The molecule has 5 rings (SSSR count). The number of ether oxygens (including phenoxy) is 2. The van der Waals surface area contributed by atoms with E-state index in [0.717, 1.165) is 10.5 Å². The smallest absolute Gasteiger partial charge is 0.249 e. The minimum Gasteiger partial charge on any atom is -0.726 e. The van der Waals surface area contributed by atoms with Crippen LogP contribution in [0, 0.1) is 11.8 Å². The topological polar surface area (TPSA) is 281 Å². The van der Waals surface area contributed by atoms with Crippen molar-refractivity contribution in [3.05, 3.63) is 47.5 Å². The van der Waals surface area contributed by atoms with Gasteiger partial charge in [-0.3, -0.25) is 30.0 Å². The number of quaternary nitrogens is 1. The number of carbonyl (C=O) groups is 3. The highest BCUT2D eigenvalue weighted by Gasteiger charge is 2.52. The van der Waals surface area contributed by atoms with Gasteiger partial charge in [0, 0.05) is 19.0 Å².